The third-order valence-electron chi connectivity index (χ3n) is 4.00. The Bertz CT molecular complexity index is 667. The van der Waals surface area contributed by atoms with Crippen molar-refractivity contribution in [1.29, 1.82) is 0 Å². The van der Waals surface area contributed by atoms with Crippen molar-refractivity contribution in [3.63, 3.8) is 0 Å². The predicted octanol–water partition coefficient (Wildman–Crippen LogP) is 2.26. The molecule has 2 rings (SSSR count). The number of urea groups is 1. The van der Waals surface area contributed by atoms with Crippen LogP contribution in [0, 0.1) is 13.8 Å². The van der Waals surface area contributed by atoms with Gasteiger partial charge in [-0.3, -0.25) is 0 Å². The fourth-order valence-corrected chi connectivity index (χ4v) is 2.80. The number of anilines is 1. The van der Waals surface area contributed by atoms with Gasteiger partial charge in [-0.1, -0.05) is 17.7 Å². The van der Waals surface area contributed by atoms with Gasteiger partial charge in [0.2, 0.25) is 0 Å². The van der Waals surface area contributed by atoms with E-state index >= 15 is 0 Å². The number of nitrogens with zero attached hydrogens (tertiary/aromatic N) is 1. The number of carbonyl (C=O) groups is 2. The van der Waals surface area contributed by atoms with Gasteiger partial charge in [-0.25, -0.2) is 9.59 Å². The quantitative estimate of drug-likeness (QED) is 0.785. The highest BCUT2D eigenvalue weighted by molar-refractivity contribution is 5.93. The Labute approximate surface area is 142 Å². The average Bonchev–Trinajstić information content (AvgIpc) is 2.53. The summed E-state index contributed by atoms with van der Waals surface area (Å²) in [7, 11) is 0. The second-order valence-electron chi connectivity index (χ2n) is 5.79. The van der Waals surface area contributed by atoms with E-state index in [4.69, 9.17) is 4.74 Å². The van der Waals surface area contributed by atoms with Gasteiger partial charge in [-0.05, 0) is 39.3 Å². The summed E-state index contributed by atoms with van der Waals surface area (Å²) in [6.07, 6.45) is 0. The zero-order chi connectivity index (χ0) is 17.7. The van der Waals surface area contributed by atoms with E-state index in [1.807, 2.05) is 6.92 Å². The van der Waals surface area contributed by atoms with E-state index in [1.54, 1.807) is 6.92 Å². The molecule has 0 spiro atoms. The van der Waals surface area contributed by atoms with Crippen molar-refractivity contribution >= 4 is 17.7 Å². The molecule has 130 valence electrons. The maximum absolute atomic E-state index is 12.1. The fraction of sp³-hybridized carbons (Fsp3) is 0.444. The van der Waals surface area contributed by atoms with Gasteiger partial charge in [0.05, 0.1) is 31.0 Å². The van der Waals surface area contributed by atoms with Crippen LogP contribution in [0.2, 0.25) is 0 Å². The zero-order valence-corrected chi connectivity index (χ0v) is 14.7. The number of hydrogen-bond acceptors (Lipinski definition) is 4. The Morgan fingerprint density at radius 2 is 2.04 bits per heavy atom. The first-order chi connectivity index (χ1) is 11.5. The molecule has 0 unspecified atom stereocenters. The van der Waals surface area contributed by atoms with Crippen LogP contribution in [0.5, 0.6) is 0 Å². The maximum Gasteiger partial charge on any atom is 0.337 e. The summed E-state index contributed by atoms with van der Waals surface area (Å²) >= 11 is 0. The molecule has 0 radical (unpaired) electrons. The van der Waals surface area contributed by atoms with Crippen molar-refractivity contribution < 1.29 is 14.3 Å². The number of likely N-dealkylation sites (N-methyl/N-ethyl adjacent to an activating group) is 1. The molecule has 0 aromatic heterocycles. The number of nitrogens with one attached hydrogen (secondary N) is 2. The van der Waals surface area contributed by atoms with Crippen LogP contribution in [-0.2, 0) is 9.53 Å². The molecule has 0 aliphatic carbocycles. The van der Waals surface area contributed by atoms with Crippen molar-refractivity contribution in [1.82, 2.24) is 10.6 Å². The van der Waals surface area contributed by atoms with Crippen molar-refractivity contribution in [2.24, 2.45) is 0 Å². The topological polar surface area (TPSA) is 70.7 Å². The van der Waals surface area contributed by atoms with Gasteiger partial charge in [0.25, 0.3) is 0 Å². The molecule has 0 fully saturated rings. The minimum absolute atomic E-state index is 0.185. The third kappa shape index (κ3) is 4.07. The molecule has 0 saturated heterocycles. The molecule has 1 heterocycles. The number of ether oxygens (including phenoxy) is 1. The minimum atomic E-state index is -0.392. The number of amides is 2. The molecule has 2 N–H and O–H groups in total. The molecule has 6 nitrogen and oxygen atoms in total. The summed E-state index contributed by atoms with van der Waals surface area (Å²) in [6.45, 7) is 9.62. The van der Waals surface area contributed by atoms with Crippen molar-refractivity contribution in [2.45, 2.75) is 27.7 Å². The Morgan fingerprint density at radius 1 is 1.29 bits per heavy atom. The molecule has 24 heavy (non-hydrogen) atoms. The second kappa shape index (κ2) is 7.86. The molecule has 1 aliphatic heterocycles. The molecular weight excluding hydrogens is 306 g/mol. The standard InChI is InChI=1S/C18H25N3O3/c1-5-21(16-8-7-12(3)9-13(16)4)11-15-14(17(22)24-6-2)10-19-18(23)20-15/h7-9H,5-6,10-11H2,1-4H3,(H2,19,20,23). The Hall–Kier alpha value is -2.50. The lowest BCUT2D eigenvalue weighted by atomic mass is 10.1. The van der Waals surface area contributed by atoms with Crippen LogP contribution >= 0.6 is 0 Å². The Morgan fingerprint density at radius 3 is 2.67 bits per heavy atom. The molecule has 1 aliphatic rings. The van der Waals surface area contributed by atoms with Crippen LogP contribution < -0.4 is 15.5 Å². The third-order valence-corrected chi connectivity index (χ3v) is 4.00. The molecule has 2 amide bonds. The van der Waals surface area contributed by atoms with Gasteiger partial charge in [0.15, 0.2) is 0 Å². The summed E-state index contributed by atoms with van der Waals surface area (Å²) in [6, 6.07) is 5.96. The molecule has 6 heteroatoms. The first kappa shape index (κ1) is 17.8. The fourth-order valence-electron chi connectivity index (χ4n) is 2.80. The van der Waals surface area contributed by atoms with E-state index < -0.39 is 5.97 Å². The van der Waals surface area contributed by atoms with E-state index in [9.17, 15) is 9.59 Å². The summed E-state index contributed by atoms with van der Waals surface area (Å²) in [5.41, 5.74) is 4.52. The zero-order valence-electron chi connectivity index (χ0n) is 14.7. The van der Waals surface area contributed by atoms with Gasteiger partial charge < -0.3 is 20.3 Å². The lowest BCUT2D eigenvalue weighted by Crippen LogP contribution is -2.47. The van der Waals surface area contributed by atoms with Gasteiger partial charge in [-0.15, -0.1) is 0 Å². The maximum atomic E-state index is 12.1. The van der Waals surface area contributed by atoms with Gasteiger partial charge >= 0.3 is 12.0 Å². The largest absolute Gasteiger partial charge is 0.463 e. The van der Waals surface area contributed by atoms with Crippen LogP contribution in [-0.4, -0.2) is 38.2 Å². The van der Waals surface area contributed by atoms with Crippen LogP contribution in [0.4, 0.5) is 10.5 Å². The summed E-state index contributed by atoms with van der Waals surface area (Å²) in [4.78, 5) is 26.0. The Kier molecular flexibility index (Phi) is 5.84. The highest BCUT2D eigenvalue weighted by Gasteiger charge is 2.25. The van der Waals surface area contributed by atoms with E-state index in [0.717, 1.165) is 17.8 Å². The number of carbonyl (C=O) groups excluding carboxylic acids is 2. The normalized spacial score (nSPS) is 14.1. The van der Waals surface area contributed by atoms with Crippen molar-refractivity contribution in [2.75, 3.05) is 31.1 Å². The number of esters is 1. The number of benzene rings is 1. The lowest BCUT2D eigenvalue weighted by molar-refractivity contribution is -0.138. The smallest absolute Gasteiger partial charge is 0.337 e. The minimum Gasteiger partial charge on any atom is -0.463 e. The highest BCUT2D eigenvalue weighted by atomic mass is 16.5. The second-order valence-corrected chi connectivity index (χ2v) is 5.79. The van der Waals surface area contributed by atoms with Gasteiger partial charge in [0, 0.05) is 12.2 Å². The van der Waals surface area contributed by atoms with Gasteiger partial charge in [0.1, 0.15) is 0 Å². The van der Waals surface area contributed by atoms with E-state index in [1.165, 1.54) is 5.56 Å². The average molecular weight is 331 g/mol. The highest BCUT2D eigenvalue weighted by Crippen LogP contribution is 2.22. The Balaban J connectivity index is 2.31. The SMILES string of the molecule is CCOC(=O)C1=C(CN(CC)c2ccc(C)cc2C)NC(=O)NC1. The summed E-state index contributed by atoms with van der Waals surface area (Å²) in [5.74, 6) is -0.392. The van der Waals surface area contributed by atoms with E-state index in [2.05, 4.69) is 47.6 Å². The van der Waals surface area contributed by atoms with Crippen LogP contribution in [0.1, 0.15) is 25.0 Å². The van der Waals surface area contributed by atoms with Crippen LogP contribution in [0.3, 0.4) is 0 Å². The van der Waals surface area contributed by atoms with E-state index in [0.29, 0.717) is 24.4 Å². The molecule has 0 bridgehead atoms. The van der Waals surface area contributed by atoms with Crippen LogP contribution in [0.25, 0.3) is 0 Å². The summed E-state index contributed by atoms with van der Waals surface area (Å²) < 4.78 is 5.10. The summed E-state index contributed by atoms with van der Waals surface area (Å²) in [5, 5.41) is 5.38. The lowest BCUT2D eigenvalue weighted by Gasteiger charge is -2.29. The number of aryl methyl sites for hydroxylation is 2. The van der Waals surface area contributed by atoms with E-state index in [-0.39, 0.29) is 12.6 Å². The molecular formula is C18H25N3O3. The first-order valence-corrected chi connectivity index (χ1v) is 8.22. The molecule has 1 aromatic carbocycles. The monoisotopic (exact) mass is 331 g/mol. The van der Waals surface area contributed by atoms with Crippen LogP contribution in [0.15, 0.2) is 29.5 Å². The number of hydrogen-bond donors (Lipinski definition) is 2. The molecule has 0 saturated carbocycles. The first-order valence-electron chi connectivity index (χ1n) is 8.22. The van der Waals surface area contributed by atoms with Gasteiger partial charge in [-0.2, -0.15) is 0 Å². The molecule has 0 atom stereocenters. The van der Waals surface area contributed by atoms with Crippen molar-refractivity contribution in [3.8, 4) is 0 Å². The molecule has 1 aromatic rings. The number of rotatable bonds is 6. The predicted molar refractivity (Wildman–Crippen MR) is 94.0 cm³/mol. The van der Waals surface area contributed by atoms with Crippen molar-refractivity contribution in [3.05, 3.63) is 40.6 Å².